The van der Waals surface area contributed by atoms with E-state index in [9.17, 15) is 4.79 Å². The number of hydrogen-bond acceptors (Lipinski definition) is 4. The largest absolute Gasteiger partial charge is 0.479 e. The van der Waals surface area contributed by atoms with E-state index in [1.165, 1.54) is 0 Å². The maximum absolute atomic E-state index is 12.6. The Morgan fingerprint density at radius 2 is 2.24 bits per heavy atom. The van der Waals surface area contributed by atoms with Gasteiger partial charge in [0, 0.05) is 12.2 Å². The summed E-state index contributed by atoms with van der Waals surface area (Å²) in [5, 5.41) is 14.8. The van der Waals surface area contributed by atoms with E-state index in [2.05, 4.69) is 17.6 Å². The number of benzene rings is 1. The number of hydrogen-bond donors (Lipinski definition) is 2. The number of nitriles is 1. The molecule has 1 heterocycles. The second kappa shape index (κ2) is 7.09. The maximum atomic E-state index is 12.6. The Morgan fingerprint density at radius 3 is 2.81 bits per heavy atom. The van der Waals surface area contributed by atoms with Crippen molar-refractivity contribution < 1.29 is 9.53 Å². The molecule has 1 unspecified atom stereocenters. The molecule has 0 aromatic heterocycles. The molecule has 1 aliphatic heterocycles. The molecule has 0 spiro atoms. The van der Waals surface area contributed by atoms with E-state index < -0.39 is 0 Å². The van der Waals surface area contributed by atoms with Gasteiger partial charge in [-0.2, -0.15) is 5.26 Å². The van der Waals surface area contributed by atoms with Gasteiger partial charge in [-0.05, 0) is 50.1 Å². The zero-order valence-corrected chi connectivity index (χ0v) is 12.3. The fourth-order valence-corrected chi connectivity index (χ4v) is 2.64. The van der Waals surface area contributed by atoms with Crippen LogP contribution in [0.15, 0.2) is 24.3 Å². The summed E-state index contributed by atoms with van der Waals surface area (Å²) in [6.45, 7) is 3.81. The van der Waals surface area contributed by atoms with Gasteiger partial charge in [-0.3, -0.25) is 4.79 Å². The van der Waals surface area contributed by atoms with Crippen molar-refractivity contribution in [2.75, 3.05) is 25.0 Å². The standard InChI is InChI=1S/C16H21N3O2/c1-2-16(8-3-10-18-12-16)15(20)19-13-4-6-14(7-5-13)21-11-9-17/h4-7,18H,2-3,8,10-12H2,1H3,(H,19,20). The smallest absolute Gasteiger partial charge is 0.231 e. The van der Waals surface area contributed by atoms with E-state index in [0.717, 1.165) is 38.0 Å². The van der Waals surface area contributed by atoms with Crippen molar-refractivity contribution in [3.63, 3.8) is 0 Å². The van der Waals surface area contributed by atoms with E-state index in [-0.39, 0.29) is 17.9 Å². The van der Waals surface area contributed by atoms with E-state index in [1.54, 1.807) is 24.3 Å². The minimum Gasteiger partial charge on any atom is -0.479 e. The first kappa shape index (κ1) is 15.3. The van der Waals surface area contributed by atoms with Crippen molar-refractivity contribution in [3.05, 3.63) is 24.3 Å². The molecule has 5 nitrogen and oxygen atoms in total. The molecule has 5 heteroatoms. The van der Waals surface area contributed by atoms with Crippen molar-refractivity contribution in [1.29, 1.82) is 5.26 Å². The monoisotopic (exact) mass is 287 g/mol. The second-order valence-corrected chi connectivity index (χ2v) is 5.34. The SMILES string of the molecule is CCC1(C(=O)Nc2ccc(OCC#N)cc2)CCCNC1. The Morgan fingerprint density at radius 1 is 1.48 bits per heavy atom. The lowest BCUT2D eigenvalue weighted by molar-refractivity contribution is -0.126. The first-order valence-corrected chi connectivity index (χ1v) is 7.32. The third-order valence-electron chi connectivity index (χ3n) is 4.05. The normalized spacial score (nSPS) is 21.3. The lowest BCUT2D eigenvalue weighted by Crippen LogP contribution is -2.47. The Hall–Kier alpha value is -2.06. The van der Waals surface area contributed by atoms with Gasteiger partial charge in [-0.25, -0.2) is 0 Å². The highest BCUT2D eigenvalue weighted by molar-refractivity contribution is 5.95. The summed E-state index contributed by atoms with van der Waals surface area (Å²) < 4.78 is 5.19. The van der Waals surface area contributed by atoms with Crippen LogP contribution in [0, 0.1) is 16.7 Å². The van der Waals surface area contributed by atoms with Crippen LogP contribution in [-0.2, 0) is 4.79 Å². The topological polar surface area (TPSA) is 74.1 Å². The molecule has 0 bridgehead atoms. The third kappa shape index (κ3) is 3.73. The molecule has 21 heavy (non-hydrogen) atoms. The van der Waals surface area contributed by atoms with Crippen LogP contribution in [-0.4, -0.2) is 25.6 Å². The van der Waals surface area contributed by atoms with Crippen LogP contribution in [0.4, 0.5) is 5.69 Å². The highest BCUT2D eigenvalue weighted by Gasteiger charge is 2.37. The number of ether oxygens (including phenoxy) is 1. The Balaban J connectivity index is 2.00. The molecule has 2 rings (SSSR count). The summed E-state index contributed by atoms with van der Waals surface area (Å²) in [6.07, 6.45) is 2.78. The molecule has 1 fully saturated rings. The minimum absolute atomic E-state index is 0.0241. The number of nitrogens with zero attached hydrogens (tertiary/aromatic N) is 1. The van der Waals surface area contributed by atoms with E-state index in [0.29, 0.717) is 5.75 Å². The van der Waals surface area contributed by atoms with Crippen molar-refractivity contribution in [2.24, 2.45) is 5.41 Å². The van der Waals surface area contributed by atoms with Crippen LogP contribution in [0.5, 0.6) is 5.75 Å². The average molecular weight is 287 g/mol. The fourth-order valence-electron chi connectivity index (χ4n) is 2.64. The lowest BCUT2D eigenvalue weighted by Gasteiger charge is -2.35. The summed E-state index contributed by atoms with van der Waals surface area (Å²) in [6, 6.07) is 9.02. The van der Waals surface area contributed by atoms with Crippen molar-refractivity contribution in [3.8, 4) is 11.8 Å². The minimum atomic E-state index is -0.311. The summed E-state index contributed by atoms with van der Waals surface area (Å²) in [7, 11) is 0. The maximum Gasteiger partial charge on any atom is 0.231 e. The molecule has 2 N–H and O–H groups in total. The van der Waals surface area contributed by atoms with E-state index in [1.807, 2.05) is 6.07 Å². The molecule has 0 aliphatic carbocycles. The van der Waals surface area contributed by atoms with Gasteiger partial charge in [0.15, 0.2) is 6.61 Å². The van der Waals surface area contributed by atoms with Crippen LogP contribution in [0.1, 0.15) is 26.2 Å². The summed E-state index contributed by atoms with van der Waals surface area (Å²) >= 11 is 0. The number of carbonyl (C=O) groups is 1. The number of amides is 1. The highest BCUT2D eigenvalue weighted by Crippen LogP contribution is 2.31. The van der Waals surface area contributed by atoms with Crippen LogP contribution in [0.25, 0.3) is 0 Å². The zero-order valence-electron chi connectivity index (χ0n) is 12.3. The molecule has 1 aliphatic rings. The van der Waals surface area contributed by atoms with Gasteiger partial charge >= 0.3 is 0 Å². The van der Waals surface area contributed by atoms with Crippen LogP contribution in [0.3, 0.4) is 0 Å². The number of anilines is 1. The van der Waals surface area contributed by atoms with Crippen molar-refractivity contribution >= 4 is 11.6 Å². The molecule has 0 radical (unpaired) electrons. The van der Waals surface area contributed by atoms with Gasteiger partial charge in [-0.1, -0.05) is 6.92 Å². The van der Waals surface area contributed by atoms with Gasteiger partial charge in [0.1, 0.15) is 11.8 Å². The molecule has 1 amide bonds. The Bertz CT molecular complexity index is 513. The quantitative estimate of drug-likeness (QED) is 0.871. The molecule has 1 aromatic carbocycles. The third-order valence-corrected chi connectivity index (χ3v) is 4.05. The van der Waals surface area contributed by atoms with Crippen LogP contribution in [0.2, 0.25) is 0 Å². The molecule has 1 atom stereocenters. The Labute approximate surface area is 125 Å². The molecular weight excluding hydrogens is 266 g/mol. The summed E-state index contributed by atoms with van der Waals surface area (Å²) in [4.78, 5) is 12.6. The number of piperidine rings is 1. The average Bonchev–Trinajstić information content (AvgIpc) is 2.54. The van der Waals surface area contributed by atoms with Gasteiger partial charge < -0.3 is 15.4 Å². The second-order valence-electron chi connectivity index (χ2n) is 5.34. The highest BCUT2D eigenvalue weighted by atomic mass is 16.5. The molecule has 0 saturated carbocycles. The molecule has 1 saturated heterocycles. The first-order chi connectivity index (χ1) is 10.2. The number of nitrogens with one attached hydrogen (secondary N) is 2. The molecule has 112 valence electrons. The van der Waals surface area contributed by atoms with Crippen molar-refractivity contribution in [1.82, 2.24) is 5.32 Å². The summed E-state index contributed by atoms with van der Waals surface area (Å²) in [5.74, 6) is 0.696. The van der Waals surface area contributed by atoms with Gasteiger partial charge in [0.2, 0.25) is 5.91 Å². The first-order valence-electron chi connectivity index (χ1n) is 7.32. The lowest BCUT2D eigenvalue weighted by atomic mass is 9.77. The number of rotatable bonds is 5. The van der Waals surface area contributed by atoms with E-state index in [4.69, 9.17) is 10.00 Å². The molecule has 1 aromatic rings. The van der Waals surface area contributed by atoms with Crippen molar-refractivity contribution in [2.45, 2.75) is 26.2 Å². The van der Waals surface area contributed by atoms with Gasteiger partial charge in [-0.15, -0.1) is 0 Å². The zero-order chi connectivity index (χ0) is 15.1. The predicted molar refractivity (Wildman–Crippen MR) is 81.0 cm³/mol. The van der Waals surface area contributed by atoms with Gasteiger partial charge in [0.25, 0.3) is 0 Å². The summed E-state index contributed by atoms with van der Waals surface area (Å²) in [5.41, 5.74) is 0.441. The van der Waals surface area contributed by atoms with Gasteiger partial charge in [0.05, 0.1) is 5.41 Å². The predicted octanol–water partition coefficient (Wildman–Crippen LogP) is 2.31. The Kier molecular flexibility index (Phi) is 5.18. The van der Waals surface area contributed by atoms with Crippen LogP contribution >= 0.6 is 0 Å². The van der Waals surface area contributed by atoms with Crippen LogP contribution < -0.4 is 15.4 Å². The number of carbonyl (C=O) groups excluding carboxylic acids is 1. The molecular formula is C16H21N3O2. The van der Waals surface area contributed by atoms with E-state index >= 15 is 0 Å². The fraction of sp³-hybridized carbons (Fsp3) is 0.500.